The Morgan fingerprint density at radius 1 is 1.13 bits per heavy atom. The fourth-order valence-electron chi connectivity index (χ4n) is 3.04. The van der Waals surface area contributed by atoms with Crippen molar-refractivity contribution in [1.82, 2.24) is 5.32 Å². The molecule has 3 heteroatoms. The molecule has 2 saturated carbocycles. The van der Waals surface area contributed by atoms with Crippen LogP contribution in [0.15, 0.2) is 0 Å². The summed E-state index contributed by atoms with van der Waals surface area (Å²) >= 11 is 0. The van der Waals surface area contributed by atoms with Gasteiger partial charge in [-0.2, -0.15) is 0 Å². The molecule has 88 valence electrons. The Balaban J connectivity index is 1.80. The molecule has 2 aliphatic carbocycles. The highest BCUT2D eigenvalue weighted by atomic mass is 16.3. The van der Waals surface area contributed by atoms with Crippen molar-refractivity contribution in [2.75, 3.05) is 13.2 Å². The summed E-state index contributed by atoms with van der Waals surface area (Å²) in [6.07, 6.45) is 7.75. The van der Waals surface area contributed by atoms with E-state index < -0.39 is 0 Å². The first-order chi connectivity index (χ1) is 7.26. The first-order valence-electron chi connectivity index (χ1n) is 6.28. The second-order valence-corrected chi connectivity index (χ2v) is 5.35. The number of nitrogens with one attached hydrogen (secondary N) is 1. The lowest BCUT2D eigenvalue weighted by Crippen LogP contribution is -2.43. The molecule has 0 spiro atoms. The smallest absolute Gasteiger partial charge is 0.0693 e. The molecule has 0 aromatic rings. The number of aliphatic hydroxyl groups is 2. The van der Waals surface area contributed by atoms with Gasteiger partial charge in [-0.1, -0.05) is 12.8 Å². The predicted molar refractivity (Wildman–Crippen MR) is 59.6 cm³/mol. The van der Waals surface area contributed by atoms with Gasteiger partial charge in [0.1, 0.15) is 0 Å². The Kier molecular flexibility index (Phi) is 3.65. The van der Waals surface area contributed by atoms with E-state index in [0.717, 1.165) is 38.6 Å². The van der Waals surface area contributed by atoms with E-state index in [-0.39, 0.29) is 17.6 Å². The van der Waals surface area contributed by atoms with Crippen LogP contribution in [0.2, 0.25) is 0 Å². The van der Waals surface area contributed by atoms with Crippen LogP contribution in [0.1, 0.15) is 44.9 Å². The maximum absolute atomic E-state index is 9.69. The average molecular weight is 213 g/mol. The molecule has 0 unspecified atom stereocenters. The third kappa shape index (κ3) is 2.52. The molecule has 2 aliphatic rings. The van der Waals surface area contributed by atoms with Gasteiger partial charge < -0.3 is 15.5 Å². The number of hydrogen-bond donors (Lipinski definition) is 3. The molecule has 2 rings (SSSR count). The summed E-state index contributed by atoms with van der Waals surface area (Å²) < 4.78 is 0. The van der Waals surface area contributed by atoms with E-state index in [0.29, 0.717) is 6.61 Å². The lowest BCUT2D eigenvalue weighted by atomic mass is 9.87. The summed E-state index contributed by atoms with van der Waals surface area (Å²) in [6.45, 7) is 1.17. The van der Waals surface area contributed by atoms with E-state index >= 15 is 0 Å². The molecule has 0 aromatic heterocycles. The third-order valence-corrected chi connectivity index (χ3v) is 4.22. The molecule has 0 aliphatic heterocycles. The summed E-state index contributed by atoms with van der Waals surface area (Å²) in [5.74, 6) is 0. The van der Waals surface area contributed by atoms with Gasteiger partial charge in [0.15, 0.2) is 0 Å². The summed E-state index contributed by atoms with van der Waals surface area (Å²) in [5, 5.41) is 22.6. The lowest BCUT2D eigenvalue weighted by Gasteiger charge is -2.29. The second kappa shape index (κ2) is 4.81. The number of aliphatic hydroxyl groups excluding tert-OH is 2. The highest BCUT2D eigenvalue weighted by Gasteiger charge is 2.35. The van der Waals surface area contributed by atoms with Crippen molar-refractivity contribution in [3.05, 3.63) is 0 Å². The van der Waals surface area contributed by atoms with E-state index in [1.54, 1.807) is 0 Å². The molecule has 3 N–H and O–H groups in total. The van der Waals surface area contributed by atoms with Crippen LogP contribution >= 0.6 is 0 Å². The Hall–Kier alpha value is -0.120. The second-order valence-electron chi connectivity index (χ2n) is 5.35. The molecule has 0 aromatic carbocycles. The van der Waals surface area contributed by atoms with Gasteiger partial charge in [-0.3, -0.25) is 0 Å². The van der Waals surface area contributed by atoms with Crippen molar-refractivity contribution in [1.29, 1.82) is 0 Å². The third-order valence-electron chi connectivity index (χ3n) is 4.22. The standard InChI is InChI=1S/C12H23NO2/c14-9-12(6-1-2-7-12)8-13-10-4-3-5-11(10)15/h10-11,13-15H,1-9H2/t10-,11-/m1/s1. The minimum Gasteiger partial charge on any atom is -0.396 e. The summed E-state index contributed by atoms with van der Waals surface area (Å²) in [7, 11) is 0. The van der Waals surface area contributed by atoms with Gasteiger partial charge in [0.05, 0.1) is 6.10 Å². The Morgan fingerprint density at radius 3 is 2.40 bits per heavy atom. The molecule has 2 fully saturated rings. The summed E-state index contributed by atoms with van der Waals surface area (Å²) in [4.78, 5) is 0. The van der Waals surface area contributed by atoms with Gasteiger partial charge in [-0.05, 0) is 32.1 Å². The van der Waals surface area contributed by atoms with E-state index in [4.69, 9.17) is 0 Å². The van der Waals surface area contributed by atoms with Gasteiger partial charge in [0.2, 0.25) is 0 Å². The van der Waals surface area contributed by atoms with Crippen LogP contribution in [0.25, 0.3) is 0 Å². The van der Waals surface area contributed by atoms with Gasteiger partial charge in [0.25, 0.3) is 0 Å². The fourth-order valence-corrected chi connectivity index (χ4v) is 3.04. The molecule has 0 bridgehead atoms. The van der Waals surface area contributed by atoms with E-state index in [1.807, 2.05) is 0 Å². The van der Waals surface area contributed by atoms with Crippen LogP contribution in [0.3, 0.4) is 0 Å². The largest absolute Gasteiger partial charge is 0.396 e. The maximum atomic E-state index is 9.69. The van der Waals surface area contributed by atoms with Gasteiger partial charge in [-0.15, -0.1) is 0 Å². The molecule has 0 saturated heterocycles. The lowest BCUT2D eigenvalue weighted by molar-refractivity contribution is 0.104. The average Bonchev–Trinajstić information content (AvgIpc) is 2.85. The van der Waals surface area contributed by atoms with Crippen molar-refractivity contribution in [2.45, 2.75) is 57.1 Å². The van der Waals surface area contributed by atoms with E-state index in [1.165, 1.54) is 12.8 Å². The molecule has 2 atom stereocenters. The van der Waals surface area contributed by atoms with E-state index in [2.05, 4.69) is 5.32 Å². The first-order valence-corrected chi connectivity index (χ1v) is 6.28. The van der Waals surface area contributed by atoms with Crippen LogP contribution in [0, 0.1) is 5.41 Å². The van der Waals surface area contributed by atoms with Crippen LogP contribution in [-0.4, -0.2) is 35.5 Å². The zero-order chi connectivity index (χ0) is 10.7. The van der Waals surface area contributed by atoms with Crippen molar-refractivity contribution in [2.24, 2.45) is 5.41 Å². The Morgan fingerprint density at radius 2 is 1.87 bits per heavy atom. The quantitative estimate of drug-likeness (QED) is 0.654. The molecule has 3 nitrogen and oxygen atoms in total. The molecule has 0 radical (unpaired) electrons. The molecular formula is C12H23NO2. The van der Waals surface area contributed by atoms with Gasteiger partial charge in [-0.25, -0.2) is 0 Å². The van der Waals surface area contributed by atoms with Crippen molar-refractivity contribution in [3.63, 3.8) is 0 Å². The summed E-state index contributed by atoms with van der Waals surface area (Å²) in [6, 6.07) is 0.272. The number of hydrogen-bond acceptors (Lipinski definition) is 3. The minimum atomic E-state index is -0.165. The zero-order valence-corrected chi connectivity index (χ0v) is 9.41. The monoisotopic (exact) mass is 213 g/mol. The molecular weight excluding hydrogens is 190 g/mol. The highest BCUT2D eigenvalue weighted by molar-refractivity contribution is 4.90. The highest BCUT2D eigenvalue weighted by Crippen LogP contribution is 2.37. The molecule has 0 heterocycles. The van der Waals surface area contributed by atoms with Crippen molar-refractivity contribution < 1.29 is 10.2 Å². The van der Waals surface area contributed by atoms with Gasteiger partial charge in [0, 0.05) is 24.6 Å². The summed E-state index contributed by atoms with van der Waals surface area (Å²) in [5.41, 5.74) is 0.113. The van der Waals surface area contributed by atoms with Crippen LogP contribution in [0.5, 0.6) is 0 Å². The fraction of sp³-hybridized carbons (Fsp3) is 1.00. The van der Waals surface area contributed by atoms with Crippen LogP contribution in [0.4, 0.5) is 0 Å². The van der Waals surface area contributed by atoms with Crippen LogP contribution in [-0.2, 0) is 0 Å². The SMILES string of the molecule is OCC1(CN[C@@H]2CCC[C@H]2O)CCCC1. The normalized spacial score (nSPS) is 34.8. The molecule has 15 heavy (non-hydrogen) atoms. The first kappa shape index (κ1) is 11.4. The van der Waals surface area contributed by atoms with E-state index in [9.17, 15) is 10.2 Å². The maximum Gasteiger partial charge on any atom is 0.0693 e. The topological polar surface area (TPSA) is 52.5 Å². The zero-order valence-electron chi connectivity index (χ0n) is 9.41. The van der Waals surface area contributed by atoms with Crippen molar-refractivity contribution in [3.8, 4) is 0 Å². The molecule has 0 amide bonds. The Labute approximate surface area is 91.9 Å². The van der Waals surface area contributed by atoms with Gasteiger partial charge >= 0.3 is 0 Å². The minimum absolute atomic E-state index is 0.113. The number of rotatable bonds is 4. The van der Waals surface area contributed by atoms with Crippen molar-refractivity contribution >= 4 is 0 Å². The Bertz CT molecular complexity index is 202. The predicted octanol–water partition coefficient (Wildman–Crippen LogP) is 1.04. The van der Waals surface area contributed by atoms with Crippen LogP contribution < -0.4 is 5.32 Å².